The van der Waals surface area contributed by atoms with Crippen LogP contribution in [0.5, 0.6) is 0 Å². The fourth-order valence-corrected chi connectivity index (χ4v) is 1.78. The third-order valence-corrected chi connectivity index (χ3v) is 3.31. The molecule has 1 amide bonds. The summed E-state index contributed by atoms with van der Waals surface area (Å²) in [5.41, 5.74) is 2.58. The largest absolute Gasteiger partial charge is 0.354 e. The van der Waals surface area contributed by atoms with Gasteiger partial charge in [-0.05, 0) is 36.8 Å². The number of nitrogens with one attached hydrogen (secondary N) is 1. The lowest BCUT2D eigenvalue weighted by Gasteiger charge is -2.11. The summed E-state index contributed by atoms with van der Waals surface area (Å²) in [7, 11) is 0. The smallest absolute Gasteiger partial charge is 0.220 e. The molecule has 0 bridgehead atoms. The topological polar surface area (TPSA) is 29.1 Å². The van der Waals surface area contributed by atoms with Gasteiger partial charge in [0.15, 0.2) is 0 Å². The molecule has 1 aromatic rings. The number of aryl methyl sites for hydroxylation is 1. The van der Waals surface area contributed by atoms with Crippen molar-refractivity contribution in [3.8, 4) is 0 Å². The Hall–Kier alpha value is -1.31. The van der Waals surface area contributed by atoms with Gasteiger partial charge in [0.1, 0.15) is 0 Å². The van der Waals surface area contributed by atoms with Gasteiger partial charge in [-0.1, -0.05) is 45.0 Å². The van der Waals surface area contributed by atoms with Gasteiger partial charge in [-0.25, -0.2) is 0 Å². The number of benzene rings is 1. The van der Waals surface area contributed by atoms with Crippen molar-refractivity contribution in [2.24, 2.45) is 0 Å². The van der Waals surface area contributed by atoms with Gasteiger partial charge in [0.05, 0.1) is 0 Å². The molecule has 1 N–H and O–H groups in total. The average Bonchev–Trinajstić information content (AvgIpc) is 2.36. The highest BCUT2D eigenvalue weighted by atomic mass is 16.1. The second-order valence-corrected chi connectivity index (χ2v) is 5.27. The van der Waals surface area contributed by atoms with Crippen LogP contribution in [-0.4, -0.2) is 11.9 Å². The van der Waals surface area contributed by atoms with Crippen molar-refractivity contribution in [1.82, 2.24) is 5.32 Å². The summed E-state index contributed by atoms with van der Waals surface area (Å²) in [6.45, 7) is 8.49. The van der Waals surface area contributed by atoms with E-state index in [-0.39, 0.29) is 11.9 Å². The summed E-state index contributed by atoms with van der Waals surface area (Å²) >= 11 is 0. The minimum absolute atomic E-state index is 0.150. The third-order valence-electron chi connectivity index (χ3n) is 3.31. The van der Waals surface area contributed by atoms with E-state index in [1.165, 1.54) is 11.1 Å². The molecule has 2 nitrogen and oxygen atoms in total. The average molecular weight is 247 g/mol. The maximum Gasteiger partial charge on any atom is 0.220 e. The van der Waals surface area contributed by atoms with Crippen LogP contribution >= 0.6 is 0 Å². The van der Waals surface area contributed by atoms with E-state index in [1.54, 1.807) is 0 Å². The SMILES string of the molecule is CCC(C)NC(=O)CCc1ccc(C(C)C)cc1. The first-order valence-electron chi connectivity index (χ1n) is 6.91. The fraction of sp³-hybridized carbons (Fsp3) is 0.562. The summed E-state index contributed by atoms with van der Waals surface area (Å²) in [5.74, 6) is 0.713. The Bertz CT molecular complexity index is 367. The Morgan fingerprint density at radius 2 is 1.78 bits per heavy atom. The molecule has 100 valence electrons. The molecule has 0 saturated carbocycles. The molecule has 0 aliphatic heterocycles. The Morgan fingerprint density at radius 1 is 1.17 bits per heavy atom. The van der Waals surface area contributed by atoms with Crippen molar-refractivity contribution in [3.05, 3.63) is 35.4 Å². The normalized spacial score (nSPS) is 12.5. The van der Waals surface area contributed by atoms with Crippen LogP contribution < -0.4 is 5.32 Å². The Kier molecular flexibility index (Phi) is 5.90. The van der Waals surface area contributed by atoms with Crippen LogP contribution in [-0.2, 0) is 11.2 Å². The van der Waals surface area contributed by atoms with Gasteiger partial charge in [-0.3, -0.25) is 4.79 Å². The van der Waals surface area contributed by atoms with Gasteiger partial charge in [-0.15, -0.1) is 0 Å². The molecular formula is C16H25NO. The molecule has 1 rings (SSSR count). The minimum Gasteiger partial charge on any atom is -0.354 e. The zero-order valence-electron chi connectivity index (χ0n) is 12.0. The first-order chi connectivity index (χ1) is 8.52. The van der Waals surface area contributed by atoms with E-state index in [9.17, 15) is 4.79 Å². The van der Waals surface area contributed by atoms with Crippen LogP contribution in [0.25, 0.3) is 0 Å². The van der Waals surface area contributed by atoms with Crippen LogP contribution in [0.2, 0.25) is 0 Å². The maximum atomic E-state index is 11.6. The minimum atomic E-state index is 0.150. The van der Waals surface area contributed by atoms with Crippen LogP contribution in [0.1, 0.15) is 57.6 Å². The molecule has 0 spiro atoms. The summed E-state index contributed by atoms with van der Waals surface area (Å²) < 4.78 is 0. The van der Waals surface area contributed by atoms with Crippen molar-refractivity contribution in [2.45, 2.75) is 58.9 Å². The maximum absolute atomic E-state index is 11.6. The van der Waals surface area contributed by atoms with Gasteiger partial charge >= 0.3 is 0 Å². The molecule has 1 aromatic carbocycles. The quantitative estimate of drug-likeness (QED) is 0.816. The molecule has 0 saturated heterocycles. The fourth-order valence-electron chi connectivity index (χ4n) is 1.78. The van der Waals surface area contributed by atoms with Gasteiger partial charge < -0.3 is 5.32 Å². The highest BCUT2D eigenvalue weighted by Gasteiger charge is 2.06. The van der Waals surface area contributed by atoms with Crippen molar-refractivity contribution in [1.29, 1.82) is 0 Å². The molecule has 18 heavy (non-hydrogen) atoms. The van der Waals surface area contributed by atoms with Crippen LogP contribution in [0.3, 0.4) is 0 Å². The summed E-state index contributed by atoms with van der Waals surface area (Å²) in [6.07, 6.45) is 2.38. The van der Waals surface area contributed by atoms with E-state index in [0.29, 0.717) is 12.3 Å². The van der Waals surface area contributed by atoms with Crippen LogP contribution in [0, 0.1) is 0 Å². The Balaban J connectivity index is 2.41. The lowest BCUT2D eigenvalue weighted by atomic mass is 10.0. The van der Waals surface area contributed by atoms with Crippen molar-refractivity contribution in [2.75, 3.05) is 0 Å². The van der Waals surface area contributed by atoms with Crippen molar-refractivity contribution < 1.29 is 4.79 Å². The lowest BCUT2D eigenvalue weighted by molar-refractivity contribution is -0.121. The zero-order valence-corrected chi connectivity index (χ0v) is 12.0. The molecular weight excluding hydrogens is 222 g/mol. The standard InChI is InChI=1S/C16H25NO/c1-5-13(4)17-16(18)11-8-14-6-9-15(10-7-14)12(2)3/h6-7,9-10,12-13H,5,8,11H2,1-4H3,(H,17,18). The predicted octanol–water partition coefficient (Wildman–Crippen LogP) is 3.66. The molecule has 0 radical (unpaired) electrons. The lowest BCUT2D eigenvalue weighted by Crippen LogP contribution is -2.31. The van der Waals surface area contributed by atoms with Gasteiger partial charge in [-0.2, -0.15) is 0 Å². The van der Waals surface area contributed by atoms with E-state index in [0.717, 1.165) is 12.8 Å². The molecule has 1 atom stereocenters. The molecule has 0 aliphatic carbocycles. The highest BCUT2D eigenvalue weighted by molar-refractivity contribution is 5.76. The van der Waals surface area contributed by atoms with Crippen molar-refractivity contribution in [3.63, 3.8) is 0 Å². The first-order valence-corrected chi connectivity index (χ1v) is 6.91. The number of hydrogen-bond acceptors (Lipinski definition) is 1. The number of rotatable bonds is 6. The molecule has 0 aliphatic rings. The summed E-state index contributed by atoms with van der Waals surface area (Å²) in [6, 6.07) is 8.86. The van der Waals surface area contributed by atoms with Gasteiger partial charge in [0.2, 0.25) is 5.91 Å². The number of amides is 1. The van der Waals surface area contributed by atoms with Crippen LogP contribution in [0.15, 0.2) is 24.3 Å². The molecule has 0 fully saturated rings. The van der Waals surface area contributed by atoms with E-state index in [1.807, 2.05) is 6.92 Å². The number of hydrogen-bond donors (Lipinski definition) is 1. The summed E-state index contributed by atoms with van der Waals surface area (Å²) in [5, 5.41) is 2.99. The molecule has 0 heterocycles. The number of carbonyl (C=O) groups excluding carboxylic acids is 1. The van der Waals surface area contributed by atoms with E-state index in [4.69, 9.17) is 0 Å². The van der Waals surface area contributed by atoms with E-state index >= 15 is 0 Å². The Morgan fingerprint density at radius 3 is 2.28 bits per heavy atom. The monoisotopic (exact) mass is 247 g/mol. The predicted molar refractivity (Wildman–Crippen MR) is 76.7 cm³/mol. The second kappa shape index (κ2) is 7.20. The van der Waals surface area contributed by atoms with Crippen LogP contribution in [0.4, 0.5) is 0 Å². The second-order valence-electron chi connectivity index (χ2n) is 5.27. The Labute approximate surface area is 111 Å². The van der Waals surface area contributed by atoms with Crippen molar-refractivity contribution >= 4 is 5.91 Å². The van der Waals surface area contributed by atoms with Gasteiger partial charge in [0.25, 0.3) is 0 Å². The highest BCUT2D eigenvalue weighted by Crippen LogP contribution is 2.15. The first kappa shape index (κ1) is 14.7. The number of carbonyl (C=O) groups is 1. The summed E-state index contributed by atoms with van der Waals surface area (Å²) in [4.78, 5) is 11.6. The van der Waals surface area contributed by atoms with Gasteiger partial charge in [0, 0.05) is 12.5 Å². The molecule has 1 unspecified atom stereocenters. The molecule has 0 aromatic heterocycles. The third kappa shape index (κ3) is 4.91. The van der Waals surface area contributed by atoms with E-state index in [2.05, 4.69) is 50.4 Å². The molecule has 2 heteroatoms. The van der Waals surface area contributed by atoms with E-state index < -0.39 is 0 Å². The zero-order chi connectivity index (χ0) is 13.5.